The van der Waals surface area contributed by atoms with Crippen LogP contribution in [0.2, 0.25) is 0 Å². The summed E-state index contributed by atoms with van der Waals surface area (Å²) in [7, 11) is 0. The molecule has 0 atom stereocenters. The standard InChI is InChI=1S/C13H18N2O/c1-2-10-4-3-5-11(8-10)15-12(16)13(9-14)6-7-13/h3-5,8H,2,6-7,9,14H2,1H3,(H,15,16). The number of carbonyl (C=O) groups excluding carboxylic acids is 1. The Kier molecular flexibility index (Phi) is 2.97. The van der Waals surface area contributed by atoms with Crippen molar-refractivity contribution >= 4 is 11.6 Å². The largest absolute Gasteiger partial charge is 0.329 e. The molecule has 0 heterocycles. The highest BCUT2D eigenvalue weighted by molar-refractivity contribution is 5.97. The maximum absolute atomic E-state index is 11.9. The molecule has 3 heteroatoms. The molecule has 3 N–H and O–H groups in total. The van der Waals surface area contributed by atoms with Gasteiger partial charge < -0.3 is 11.1 Å². The second-order valence-corrected chi connectivity index (χ2v) is 4.49. The average molecular weight is 218 g/mol. The summed E-state index contributed by atoms with van der Waals surface area (Å²) in [5, 5.41) is 2.95. The van der Waals surface area contributed by atoms with Crippen LogP contribution in [-0.4, -0.2) is 12.5 Å². The van der Waals surface area contributed by atoms with Crippen LogP contribution in [-0.2, 0) is 11.2 Å². The number of nitrogens with two attached hydrogens (primary N) is 1. The second-order valence-electron chi connectivity index (χ2n) is 4.49. The molecule has 1 aromatic rings. The van der Waals surface area contributed by atoms with E-state index in [4.69, 9.17) is 5.73 Å². The Morgan fingerprint density at radius 2 is 2.25 bits per heavy atom. The van der Waals surface area contributed by atoms with Crippen LogP contribution in [0.1, 0.15) is 25.3 Å². The van der Waals surface area contributed by atoms with E-state index in [1.54, 1.807) is 0 Å². The maximum atomic E-state index is 11.9. The number of benzene rings is 1. The number of aryl methyl sites for hydroxylation is 1. The van der Waals surface area contributed by atoms with Gasteiger partial charge in [0, 0.05) is 12.2 Å². The molecular weight excluding hydrogens is 200 g/mol. The Balaban J connectivity index is 2.06. The first-order valence-corrected chi connectivity index (χ1v) is 5.81. The highest BCUT2D eigenvalue weighted by atomic mass is 16.2. The topological polar surface area (TPSA) is 55.1 Å². The summed E-state index contributed by atoms with van der Waals surface area (Å²) in [5.41, 5.74) is 7.45. The van der Waals surface area contributed by atoms with E-state index in [-0.39, 0.29) is 11.3 Å². The van der Waals surface area contributed by atoms with Crippen LogP contribution >= 0.6 is 0 Å². The molecule has 1 aromatic carbocycles. The van der Waals surface area contributed by atoms with Gasteiger partial charge >= 0.3 is 0 Å². The van der Waals surface area contributed by atoms with Crippen LogP contribution < -0.4 is 11.1 Å². The fourth-order valence-electron chi connectivity index (χ4n) is 1.81. The van der Waals surface area contributed by atoms with Crippen molar-refractivity contribution in [2.75, 3.05) is 11.9 Å². The van der Waals surface area contributed by atoms with E-state index in [1.807, 2.05) is 18.2 Å². The van der Waals surface area contributed by atoms with E-state index in [0.29, 0.717) is 6.54 Å². The zero-order valence-corrected chi connectivity index (χ0v) is 9.62. The van der Waals surface area contributed by atoms with Crippen LogP contribution in [0.25, 0.3) is 0 Å². The monoisotopic (exact) mass is 218 g/mol. The molecule has 86 valence electrons. The van der Waals surface area contributed by atoms with Gasteiger partial charge in [0.2, 0.25) is 5.91 Å². The SMILES string of the molecule is CCc1cccc(NC(=O)C2(CN)CC2)c1. The van der Waals surface area contributed by atoms with Crippen molar-refractivity contribution < 1.29 is 4.79 Å². The van der Waals surface area contributed by atoms with Crippen LogP contribution in [0.4, 0.5) is 5.69 Å². The third-order valence-corrected chi connectivity index (χ3v) is 3.32. The van der Waals surface area contributed by atoms with Gasteiger partial charge in [0.25, 0.3) is 0 Å². The fraction of sp³-hybridized carbons (Fsp3) is 0.462. The predicted molar refractivity (Wildman–Crippen MR) is 65.2 cm³/mol. The quantitative estimate of drug-likeness (QED) is 0.811. The molecule has 16 heavy (non-hydrogen) atoms. The lowest BCUT2D eigenvalue weighted by Gasteiger charge is -2.13. The van der Waals surface area contributed by atoms with Crippen molar-refractivity contribution in [2.45, 2.75) is 26.2 Å². The molecule has 1 amide bonds. The molecule has 1 aliphatic rings. The highest BCUT2D eigenvalue weighted by Gasteiger charge is 2.48. The van der Waals surface area contributed by atoms with Gasteiger partial charge in [-0.25, -0.2) is 0 Å². The molecular formula is C13H18N2O. The Morgan fingerprint density at radius 3 is 2.81 bits per heavy atom. The third-order valence-electron chi connectivity index (χ3n) is 3.32. The first-order valence-electron chi connectivity index (χ1n) is 5.81. The molecule has 1 fully saturated rings. The zero-order chi connectivity index (χ0) is 11.6. The van der Waals surface area contributed by atoms with Gasteiger partial charge in [0.1, 0.15) is 0 Å². The lowest BCUT2D eigenvalue weighted by Crippen LogP contribution is -2.30. The number of amides is 1. The Morgan fingerprint density at radius 1 is 1.50 bits per heavy atom. The lowest BCUT2D eigenvalue weighted by atomic mass is 10.1. The summed E-state index contributed by atoms with van der Waals surface area (Å²) in [4.78, 5) is 11.9. The first kappa shape index (κ1) is 11.1. The molecule has 1 saturated carbocycles. The van der Waals surface area contributed by atoms with Crippen molar-refractivity contribution in [3.63, 3.8) is 0 Å². The molecule has 0 aromatic heterocycles. The summed E-state index contributed by atoms with van der Waals surface area (Å²) in [6, 6.07) is 7.97. The molecule has 0 radical (unpaired) electrons. The first-order chi connectivity index (χ1) is 7.70. The molecule has 3 nitrogen and oxygen atoms in total. The van der Waals surface area contributed by atoms with Crippen molar-refractivity contribution in [1.29, 1.82) is 0 Å². The maximum Gasteiger partial charge on any atom is 0.231 e. The van der Waals surface area contributed by atoms with Gasteiger partial charge in [-0.3, -0.25) is 4.79 Å². The minimum Gasteiger partial charge on any atom is -0.329 e. The van der Waals surface area contributed by atoms with Gasteiger partial charge in [-0.15, -0.1) is 0 Å². The molecule has 0 bridgehead atoms. The fourth-order valence-corrected chi connectivity index (χ4v) is 1.81. The zero-order valence-electron chi connectivity index (χ0n) is 9.62. The van der Waals surface area contributed by atoms with Crippen molar-refractivity contribution in [3.8, 4) is 0 Å². The van der Waals surface area contributed by atoms with Crippen molar-refractivity contribution in [1.82, 2.24) is 0 Å². The summed E-state index contributed by atoms with van der Waals surface area (Å²) < 4.78 is 0. The Bertz CT molecular complexity index is 397. The molecule has 0 unspecified atom stereocenters. The van der Waals surface area contributed by atoms with Gasteiger partial charge in [-0.2, -0.15) is 0 Å². The third kappa shape index (κ3) is 2.09. The van der Waals surface area contributed by atoms with E-state index in [2.05, 4.69) is 18.3 Å². The molecule has 2 rings (SSSR count). The lowest BCUT2D eigenvalue weighted by molar-refractivity contribution is -0.120. The van der Waals surface area contributed by atoms with Crippen LogP contribution in [0.15, 0.2) is 24.3 Å². The van der Waals surface area contributed by atoms with E-state index in [9.17, 15) is 4.79 Å². The van der Waals surface area contributed by atoms with Gasteiger partial charge in [0.15, 0.2) is 0 Å². The van der Waals surface area contributed by atoms with E-state index in [1.165, 1.54) is 5.56 Å². The minimum atomic E-state index is -0.276. The van der Waals surface area contributed by atoms with Crippen molar-refractivity contribution in [3.05, 3.63) is 29.8 Å². The summed E-state index contributed by atoms with van der Waals surface area (Å²) in [5.74, 6) is 0.0725. The van der Waals surface area contributed by atoms with Crippen LogP contribution in [0.5, 0.6) is 0 Å². The number of rotatable bonds is 4. The van der Waals surface area contributed by atoms with Gasteiger partial charge in [-0.1, -0.05) is 19.1 Å². The van der Waals surface area contributed by atoms with Gasteiger partial charge in [-0.05, 0) is 37.0 Å². The predicted octanol–water partition coefficient (Wildman–Crippen LogP) is 1.93. The molecule has 1 aliphatic carbocycles. The summed E-state index contributed by atoms with van der Waals surface area (Å²) in [6.07, 6.45) is 2.82. The molecule has 0 saturated heterocycles. The van der Waals surface area contributed by atoms with Crippen LogP contribution in [0.3, 0.4) is 0 Å². The normalized spacial score (nSPS) is 16.9. The van der Waals surface area contributed by atoms with E-state index in [0.717, 1.165) is 24.9 Å². The summed E-state index contributed by atoms with van der Waals surface area (Å²) >= 11 is 0. The molecule has 0 spiro atoms. The Hall–Kier alpha value is -1.35. The second kappa shape index (κ2) is 4.26. The van der Waals surface area contributed by atoms with Gasteiger partial charge in [0.05, 0.1) is 5.41 Å². The summed E-state index contributed by atoms with van der Waals surface area (Å²) in [6.45, 7) is 2.55. The average Bonchev–Trinajstić information content (AvgIpc) is 3.10. The van der Waals surface area contributed by atoms with Crippen LogP contribution in [0, 0.1) is 5.41 Å². The number of carbonyl (C=O) groups is 1. The highest BCUT2D eigenvalue weighted by Crippen LogP contribution is 2.45. The smallest absolute Gasteiger partial charge is 0.231 e. The van der Waals surface area contributed by atoms with E-state index >= 15 is 0 Å². The number of hydrogen-bond donors (Lipinski definition) is 2. The minimum absolute atomic E-state index is 0.0725. The number of hydrogen-bond acceptors (Lipinski definition) is 2. The molecule has 0 aliphatic heterocycles. The van der Waals surface area contributed by atoms with E-state index < -0.39 is 0 Å². The Labute approximate surface area is 96.0 Å². The number of anilines is 1. The number of nitrogens with one attached hydrogen (secondary N) is 1. The van der Waals surface area contributed by atoms with Crippen molar-refractivity contribution in [2.24, 2.45) is 11.1 Å².